The number of benzene rings is 2. The van der Waals surface area contributed by atoms with Crippen LogP contribution in [0.4, 0.5) is 0 Å². The smallest absolute Gasteiger partial charge is 0.872 e. The third kappa shape index (κ3) is 9.19. The third-order valence-electron chi connectivity index (χ3n) is 2.98. The molecule has 5 heteroatoms. The summed E-state index contributed by atoms with van der Waals surface area (Å²) in [5.74, 6) is 0.0706. The largest absolute Gasteiger partial charge is 1.00 e. The van der Waals surface area contributed by atoms with Gasteiger partial charge in [0.05, 0.1) is 6.61 Å². The van der Waals surface area contributed by atoms with Crippen molar-refractivity contribution in [3.63, 3.8) is 0 Å². The Hall–Kier alpha value is 1.61. The van der Waals surface area contributed by atoms with Crippen molar-refractivity contribution in [2.75, 3.05) is 0 Å². The average Bonchev–Trinajstić information content (AvgIpc) is 2.44. The summed E-state index contributed by atoms with van der Waals surface area (Å²) in [4.78, 5) is 0. The Labute approximate surface area is 230 Å². The van der Waals surface area contributed by atoms with E-state index in [0.29, 0.717) is 5.56 Å². The standard InChI is InChI=1S/C9H12O.C8H10O2.2Rb/c1-3-8-6-7(2)4-5-9(8)10;1-6-2-3-8(10)7(4-6)5-9;;/h4-6,10H,3H2,1-2H3;2-4,9-10H,5H2,1H3;;/q;;2*+1/p-2. The maximum atomic E-state index is 11.0. The van der Waals surface area contributed by atoms with Gasteiger partial charge in [0.2, 0.25) is 0 Å². The van der Waals surface area contributed by atoms with Gasteiger partial charge in [0.25, 0.3) is 0 Å². The van der Waals surface area contributed by atoms with Crippen molar-refractivity contribution in [3.8, 4) is 11.5 Å². The first-order valence-corrected chi connectivity index (χ1v) is 6.61. The van der Waals surface area contributed by atoms with Gasteiger partial charge in [-0.05, 0) is 25.8 Å². The van der Waals surface area contributed by atoms with Crippen LogP contribution in [0.1, 0.15) is 29.2 Å². The Kier molecular flexibility index (Phi) is 16.3. The third-order valence-corrected chi connectivity index (χ3v) is 2.98. The van der Waals surface area contributed by atoms with Gasteiger partial charge < -0.3 is 15.3 Å². The summed E-state index contributed by atoms with van der Waals surface area (Å²) in [5, 5.41) is 30.5. The van der Waals surface area contributed by atoms with E-state index in [1.54, 1.807) is 18.2 Å². The van der Waals surface area contributed by atoms with Crippen LogP contribution in [0.2, 0.25) is 0 Å². The molecule has 0 unspecified atom stereocenters. The molecule has 2 rings (SSSR count). The summed E-state index contributed by atoms with van der Waals surface area (Å²) < 4.78 is 0. The molecule has 0 aliphatic rings. The van der Waals surface area contributed by atoms with E-state index in [4.69, 9.17) is 5.11 Å². The molecule has 2 aromatic rings. The second-order valence-electron chi connectivity index (χ2n) is 4.73. The molecule has 22 heavy (non-hydrogen) atoms. The van der Waals surface area contributed by atoms with Gasteiger partial charge in [-0.15, -0.1) is 11.5 Å². The number of hydrogen-bond acceptors (Lipinski definition) is 3. The van der Waals surface area contributed by atoms with Gasteiger partial charge in [-0.25, -0.2) is 0 Å². The summed E-state index contributed by atoms with van der Waals surface area (Å²) in [6.45, 7) is 5.72. The minimum atomic E-state index is -0.166. The van der Waals surface area contributed by atoms with Gasteiger partial charge in [-0.2, -0.15) is 0 Å². The molecule has 0 aliphatic carbocycles. The molecular weight excluding hydrogens is 423 g/mol. The normalized spacial score (nSPS) is 8.91. The zero-order chi connectivity index (χ0) is 15.1. The van der Waals surface area contributed by atoms with Crippen molar-refractivity contribution in [1.29, 1.82) is 0 Å². The van der Waals surface area contributed by atoms with E-state index in [2.05, 4.69) is 0 Å². The first-order chi connectivity index (χ1) is 9.47. The van der Waals surface area contributed by atoms with Gasteiger partial charge in [-0.1, -0.05) is 60.0 Å². The zero-order valence-electron chi connectivity index (χ0n) is 14.1. The van der Waals surface area contributed by atoms with Gasteiger partial charge in [0.15, 0.2) is 0 Å². The molecule has 0 bridgehead atoms. The van der Waals surface area contributed by atoms with Crippen molar-refractivity contribution < 1.29 is 132 Å². The second kappa shape index (κ2) is 13.9. The molecule has 3 nitrogen and oxygen atoms in total. The number of rotatable bonds is 2. The number of hydrogen-bond donors (Lipinski definition) is 1. The summed E-state index contributed by atoms with van der Waals surface area (Å²) in [6, 6.07) is 10.3. The molecule has 0 fully saturated rings. The number of aryl methyl sites for hydroxylation is 3. The summed E-state index contributed by atoms with van der Waals surface area (Å²) in [6.07, 6.45) is 0.834. The van der Waals surface area contributed by atoms with E-state index in [1.807, 2.05) is 32.9 Å². The van der Waals surface area contributed by atoms with Crippen LogP contribution in [0.15, 0.2) is 36.4 Å². The van der Waals surface area contributed by atoms with Crippen LogP contribution in [-0.2, 0) is 13.0 Å². The molecule has 108 valence electrons. The van der Waals surface area contributed by atoms with E-state index in [9.17, 15) is 10.2 Å². The minimum absolute atomic E-state index is 0. The molecule has 0 atom stereocenters. The fourth-order valence-electron chi connectivity index (χ4n) is 1.82. The number of aliphatic hydroxyl groups excluding tert-OH is 1. The maximum absolute atomic E-state index is 11.0. The predicted molar refractivity (Wildman–Crippen MR) is 76.6 cm³/mol. The van der Waals surface area contributed by atoms with Crippen LogP contribution < -0.4 is 127 Å². The van der Waals surface area contributed by atoms with Gasteiger partial charge in [0, 0.05) is 0 Å². The summed E-state index contributed by atoms with van der Waals surface area (Å²) >= 11 is 0. The Balaban J connectivity index is 0. The van der Waals surface area contributed by atoms with Crippen LogP contribution in [0.25, 0.3) is 0 Å². The number of aliphatic hydroxyl groups is 1. The van der Waals surface area contributed by atoms with Crippen LogP contribution in [-0.4, -0.2) is 5.11 Å². The molecular formula is C17H20O3Rb2. The van der Waals surface area contributed by atoms with Gasteiger partial charge in [-0.3, -0.25) is 0 Å². The van der Waals surface area contributed by atoms with Crippen molar-refractivity contribution >= 4 is 0 Å². The van der Waals surface area contributed by atoms with Gasteiger partial charge >= 0.3 is 116 Å². The van der Waals surface area contributed by atoms with E-state index in [1.165, 1.54) is 6.07 Å². The average molecular weight is 443 g/mol. The SMILES string of the molecule is CCc1cc(C)ccc1[O-].Cc1ccc([O-])c(CO)c1.[Rb+].[Rb+]. The molecule has 0 heterocycles. The monoisotopic (exact) mass is 442 g/mol. The molecule has 2 aromatic carbocycles. The first kappa shape index (κ1) is 25.8. The molecule has 0 spiro atoms. The molecule has 0 saturated heterocycles. The predicted octanol–water partition coefficient (Wildman–Crippen LogP) is -3.80. The first-order valence-electron chi connectivity index (χ1n) is 6.61. The second-order valence-corrected chi connectivity index (χ2v) is 4.73. The van der Waals surface area contributed by atoms with E-state index in [0.717, 1.165) is 23.1 Å². The van der Waals surface area contributed by atoms with E-state index < -0.39 is 0 Å². The maximum Gasteiger partial charge on any atom is 1.00 e. The summed E-state index contributed by atoms with van der Waals surface area (Å²) in [5.41, 5.74) is 3.56. The fourth-order valence-corrected chi connectivity index (χ4v) is 1.82. The fraction of sp³-hybridized carbons (Fsp3) is 0.294. The van der Waals surface area contributed by atoms with Crippen molar-refractivity contribution in [2.45, 2.75) is 33.8 Å². The summed E-state index contributed by atoms with van der Waals surface area (Å²) in [7, 11) is 0. The Morgan fingerprint density at radius 2 is 1.23 bits per heavy atom. The Morgan fingerprint density at radius 1 is 0.818 bits per heavy atom. The van der Waals surface area contributed by atoms with Crippen molar-refractivity contribution in [2.24, 2.45) is 0 Å². The van der Waals surface area contributed by atoms with Crippen molar-refractivity contribution in [1.82, 2.24) is 0 Å². The quantitative estimate of drug-likeness (QED) is 0.518. The molecule has 0 aliphatic heterocycles. The topological polar surface area (TPSA) is 66.3 Å². The van der Waals surface area contributed by atoms with Crippen LogP contribution in [0, 0.1) is 13.8 Å². The molecule has 1 N–H and O–H groups in total. The zero-order valence-corrected chi connectivity index (χ0v) is 24.0. The van der Waals surface area contributed by atoms with Crippen LogP contribution in [0.3, 0.4) is 0 Å². The molecule has 0 radical (unpaired) electrons. The van der Waals surface area contributed by atoms with E-state index >= 15 is 0 Å². The van der Waals surface area contributed by atoms with Crippen molar-refractivity contribution in [3.05, 3.63) is 58.7 Å². The minimum Gasteiger partial charge on any atom is -0.872 e. The molecule has 0 amide bonds. The Morgan fingerprint density at radius 3 is 1.55 bits per heavy atom. The molecule has 0 saturated carbocycles. The van der Waals surface area contributed by atoms with E-state index in [-0.39, 0.29) is 134 Å². The van der Waals surface area contributed by atoms with Gasteiger partial charge in [0.1, 0.15) is 0 Å². The molecule has 0 aromatic heterocycles. The Bertz CT molecular complexity index is 520. The van der Waals surface area contributed by atoms with Crippen LogP contribution >= 0.6 is 0 Å². The van der Waals surface area contributed by atoms with Crippen LogP contribution in [0.5, 0.6) is 11.5 Å².